The standard InChI is InChI=1S/C23H14Cl2F4N4O3/c24-12-4-1-5-13(10-12)33-21(23(27,28)29)14(11-30-33)20-18(22(34)32-8-3-9-35-32)19(31-36-20)17-15(25)6-2-7-16(17)26/h1-2,4-7,10-11H,3,8-9H2. The summed E-state index contributed by atoms with van der Waals surface area (Å²) in [5, 5.41) is 8.69. The molecule has 7 nitrogen and oxygen atoms in total. The van der Waals surface area contributed by atoms with Gasteiger partial charge in [0, 0.05) is 5.02 Å². The van der Waals surface area contributed by atoms with Gasteiger partial charge in [0.05, 0.1) is 41.2 Å². The van der Waals surface area contributed by atoms with Gasteiger partial charge < -0.3 is 4.52 Å². The van der Waals surface area contributed by atoms with Crippen molar-refractivity contribution in [2.45, 2.75) is 12.6 Å². The number of alkyl halides is 3. The van der Waals surface area contributed by atoms with Crippen molar-refractivity contribution in [3.05, 3.63) is 75.8 Å². The van der Waals surface area contributed by atoms with Crippen molar-refractivity contribution in [1.82, 2.24) is 20.0 Å². The summed E-state index contributed by atoms with van der Waals surface area (Å²) >= 11 is 12.1. The molecular weight excluding hydrogens is 527 g/mol. The van der Waals surface area contributed by atoms with Crippen LogP contribution in [0.4, 0.5) is 17.6 Å². The Bertz CT molecular complexity index is 1440. The Morgan fingerprint density at radius 2 is 1.89 bits per heavy atom. The number of hydroxylamine groups is 2. The van der Waals surface area contributed by atoms with Crippen LogP contribution < -0.4 is 0 Å². The Morgan fingerprint density at radius 1 is 1.11 bits per heavy atom. The van der Waals surface area contributed by atoms with Gasteiger partial charge in [0.25, 0.3) is 5.91 Å². The van der Waals surface area contributed by atoms with E-state index in [9.17, 15) is 22.4 Å². The summed E-state index contributed by atoms with van der Waals surface area (Å²) in [7, 11) is 0. The van der Waals surface area contributed by atoms with E-state index in [4.69, 9.17) is 32.6 Å². The van der Waals surface area contributed by atoms with Crippen LogP contribution in [-0.4, -0.2) is 39.1 Å². The molecule has 0 radical (unpaired) electrons. The Hall–Kier alpha value is -3.41. The van der Waals surface area contributed by atoms with Gasteiger partial charge in [-0.2, -0.15) is 18.3 Å². The average Bonchev–Trinajstić information content (AvgIpc) is 3.57. The molecular formula is C23H14Cl2F4N4O3. The molecule has 0 spiro atoms. The molecule has 1 saturated heterocycles. The lowest BCUT2D eigenvalue weighted by molar-refractivity contribution is -0.142. The zero-order valence-corrected chi connectivity index (χ0v) is 19.5. The lowest BCUT2D eigenvalue weighted by Crippen LogP contribution is -2.27. The summed E-state index contributed by atoms with van der Waals surface area (Å²) in [5.74, 6) is -2.27. The molecule has 0 N–H and O–H groups in total. The first kappa shape index (κ1) is 24.3. The topological polar surface area (TPSA) is 73.4 Å². The number of aromatic nitrogens is 3. The molecule has 13 heteroatoms. The molecule has 1 aliphatic rings. The number of carbonyl (C=O) groups excluding carboxylic acids is 1. The molecule has 36 heavy (non-hydrogen) atoms. The first-order valence-electron chi connectivity index (χ1n) is 10.5. The van der Waals surface area contributed by atoms with Crippen molar-refractivity contribution in [2.75, 3.05) is 13.2 Å². The van der Waals surface area contributed by atoms with Crippen LogP contribution in [0.2, 0.25) is 10.0 Å². The lowest BCUT2D eigenvalue weighted by Gasteiger charge is -2.15. The Morgan fingerprint density at radius 3 is 2.56 bits per heavy atom. The molecule has 0 unspecified atom stereocenters. The Labute approximate surface area is 210 Å². The van der Waals surface area contributed by atoms with Gasteiger partial charge in [-0.05, 0) is 36.8 Å². The molecule has 2 aromatic heterocycles. The quantitative estimate of drug-likeness (QED) is 0.278. The van der Waals surface area contributed by atoms with Crippen molar-refractivity contribution < 1.29 is 31.7 Å². The summed E-state index contributed by atoms with van der Waals surface area (Å²) in [6, 6.07) is 9.41. The number of nitrogens with zero attached hydrogens (tertiary/aromatic N) is 4. The minimum absolute atomic E-state index is 0.0220. The minimum atomic E-state index is -4.94. The van der Waals surface area contributed by atoms with Crippen molar-refractivity contribution in [1.29, 1.82) is 0 Å². The number of carbonyl (C=O) groups is 1. The van der Waals surface area contributed by atoms with E-state index < -0.39 is 40.5 Å². The molecule has 1 aliphatic heterocycles. The highest BCUT2D eigenvalue weighted by Crippen LogP contribution is 2.43. The summed E-state index contributed by atoms with van der Waals surface area (Å²) < 4.78 is 63.7. The third-order valence-corrected chi connectivity index (χ3v) is 5.97. The molecule has 0 atom stereocenters. The van der Waals surface area contributed by atoms with Crippen LogP contribution in [0.5, 0.6) is 0 Å². The summed E-state index contributed by atoms with van der Waals surface area (Å²) in [6.07, 6.45) is -3.55. The van der Waals surface area contributed by atoms with E-state index in [-0.39, 0.29) is 40.1 Å². The Balaban J connectivity index is 1.77. The fourth-order valence-corrected chi connectivity index (χ4v) is 4.33. The maximum absolute atomic E-state index is 14.8. The molecule has 0 bridgehead atoms. The molecule has 1 fully saturated rings. The molecule has 3 heterocycles. The summed E-state index contributed by atoms with van der Waals surface area (Å²) in [5.41, 5.74) is -2.92. The van der Waals surface area contributed by atoms with Crippen LogP contribution in [0.3, 0.4) is 0 Å². The minimum Gasteiger partial charge on any atom is -0.355 e. The third-order valence-electron chi connectivity index (χ3n) is 5.42. The van der Waals surface area contributed by atoms with Gasteiger partial charge in [0.15, 0.2) is 11.5 Å². The predicted octanol–water partition coefficient (Wildman–Crippen LogP) is 6.44. The maximum atomic E-state index is 14.8. The van der Waals surface area contributed by atoms with E-state index in [1.165, 1.54) is 36.4 Å². The molecule has 1 amide bonds. The maximum Gasteiger partial charge on any atom is 0.434 e. The molecule has 2 aromatic carbocycles. The fourth-order valence-electron chi connectivity index (χ4n) is 3.89. The average molecular weight is 541 g/mol. The van der Waals surface area contributed by atoms with Crippen molar-refractivity contribution in [2.24, 2.45) is 0 Å². The lowest BCUT2D eigenvalue weighted by atomic mass is 10.0. The second-order valence-corrected chi connectivity index (χ2v) is 8.57. The number of halogens is 6. The molecule has 0 aliphatic carbocycles. The van der Waals surface area contributed by atoms with Gasteiger partial charge in [0.1, 0.15) is 17.1 Å². The highest BCUT2D eigenvalue weighted by molar-refractivity contribution is 6.33. The van der Waals surface area contributed by atoms with E-state index in [0.29, 0.717) is 11.1 Å². The highest BCUT2D eigenvalue weighted by atomic mass is 35.5. The van der Waals surface area contributed by atoms with Gasteiger partial charge in [-0.25, -0.2) is 14.1 Å². The zero-order chi connectivity index (χ0) is 25.6. The summed E-state index contributed by atoms with van der Waals surface area (Å²) in [6.45, 7) is 0.393. The van der Waals surface area contributed by atoms with E-state index >= 15 is 0 Å². The number of benzene rings is 2. The smallest absolute Gasteiger partial charge is 0.355 e. The number of hydrogen-bond acceptors (Lipinski definition) is 5. The van der Waals surface area contributed by atoms with Crippen molar-refractivity contribution in [3.8, 4) is 28.3 Å². The first-order chi connectivity index (χ1) is 17.2. The van der Waals surface area contributed by atoms with Crippen molar-refractivity contribution >= 4 is 29.1 Å². The fraction of sp³-hybridized carbons (Fsp3) is 0.174. The second-order valence-electron chi connectivity index (χ2n) is 7.72. The SMILES string of the molecule is O=C(c1c(-c2c(F)cccc2Cl)noc1-c1cnn(-c2cccc(Cl)c2)c1C(F)(F)F)N1CCCO1. The molecule has 0 saturated carbocycles. The van der Waals surface area contributed by atoms with Crippen LogP contribution in [0, 0.1) is 5.82 Å². The molecule has 5 rings (SSSR count). The number of hydrogen-bond donors (Lipinski definition) is 0. The predicted molar refractivity (Wildman–Crippen MR) is 121 cm³/mol. The van der Waals surface area contributed by atoms with Crippen molar-refractivity contribution in [3.63, 3.8) is 0 Å². The largest absolute Gasteiger partial charge is 0.434 e. The van der Waals surface area contributed by atoms with Gasteiger partial charge in [-0.1, -0.05) is 40.5 Å². The van der Waals surface area contributed by atoms with Crippen LogP contribution in [-0.2, 0) is 11.0 Å². The van der Waals surface area contributed by atoms with Crippen LogP contribution >= 0.6 is 23.2 Å². The Kier molecular flexibility index (Phi) is 6.23. The van der Waals surface area contributed by atoms with Crippen LogP contribution in [0.15, 0.2) is 53.2 Å². The molecule has 186 valence electrons. The van der Waals surface area contributed by atoms with Gasteiger partial charge in [-0.3, -0.25) is 9.63 Å². The molecule has 4 aromatic rings. The summed E-state index contributed by atoms with van der Waals surface area (Å²) in [4.78, 5) is 18.7. The van der Waals surface area contributed by atoms with E-state index in [1.807, 2.05) is 0 Å². The van der Waals surface area contributed by atoms with E-state index in [2.05, 4.69) is 10.3 Å². The number of amides is 1. The van der Waals surface area contributed by atoms with E-state index in [0.717, 1.165) is 17.3 Å². The monoisotopic (exact) mass is 540 g/mol. The normalized spacial score (nSPS) is 14.0. The van der Waals surface area contributed by atoms with Gasteiger partial charge in [0.2, 0.25) is 0 Å². The second kappa shape index (κ2) is 9.23. The zero-order valence-electron chi connectivity index (χ0n) is 18.0. The third kappa shape index (κ3) is 4.23. The first-order valence-corrected chi connectivity index (χ1v) is 11.2. The van der Waals surface area contributed by atoms with Crippen LogP contribution in [0.1, 0.15) is 22.5 Å². The van der Waals surface area contributed by atoms with E-state index in [1.54, 1.807) is 0 Å². The van der Waals surface area contributed by atoms with Crippen LogP contribution in [0.25, 0.3) is 28.3 Å². The van der Waals surface area contributed by atoms with Gasteiger partial charge in [-0.15, -0.1) is 0 Å². The highest BCUT2D eigenvalue weighted by Gasteiger charge is 2.43. The van der Waals surface area contributed by atoms with Gasteiger partial charge >= 0.3 is 6.18 Å². The number of rotatable bonds is 4.